The molecule has 2 amide bonds. The van der Waals surface area contributed by atoms with Crippen molar-refractivity contribution in [2.24, 2.45) is 0 Å². The van der Waals surface area contributed by atoms with Crippen LogP contribution in [-0.2, 0) is 11.3 Å². The highest BCUT2D eigenvalue weighted by Crippen LogP contribution is 2.25. The number of rotatable bonds is 5. The Labute approximate surface area is 175 Å². The molecule has 11 heteroatoms. The minimum absolute atomic E-state index is 0.183. The summed E-state index contributed by atoms with van der Waals surface area (Å²) in [5.41, 5.74) is 1.09. The van der Waals surface area contributed by atoms with Gasteiger partial charge in [0.25, 0.3) is 23.1 Å². The second-order valence-electron chi connectivity index (χ2n) is 6.24. The standard InChI is InChI=1S/C18H19ClN4O5S/c1-28-16-9-14(21-29(26)27)2-3-15(16)18(25)23-6-4-22(5-7-23)17(24)12-8-13(19)11-20-10-12/h2-3,8-11,21H,4-7H2,1H3,(H,26,27). The number of benzene rings is 1. The van der Waals surface area contributed by atoms with Crippen molar-refractivity contribution in [2.75, 3.05) is 38.0 Å². The van der Waals surface area contributed by atoms with Crippen LogP contribution in [0, 0.1) is 0 Å². The highest BCUT2D eigenvalue weighted by molar-refractivity contribution is 7.80. The molecule has 29 heavy (non-hydrogen) atoms. The molecule has 154 valence electrons. The molecule has 2 heterocycles. The fourth-order valence-corrected chi connectivity index (χ4v) is 3.53. The van der Waals surface area contributed by atoms with Gasteiger partial charge in [-0.05, 0) is 18.2 Å². The highest BCUT2D eigenvalue weighted by Gasteiger charge is 2.27. The van der Waals surface area contributed by atoms with E-state index in [-0.39, 0.29) is 17.6 Å². The lowest BCUT2D eigenvalue weighted by Crippen LogP contribution is -2.50. The largest absolute Gasteiger partial charge is 0.496 e. The first-order valence-electron chi connectivity index (χ1n) is 8.63. The Hall–Kier alpha value is -2.69. The Morgan fingerprint density at radius 2 is 1.79 bits per heavy atom. The summed E-state index contributed by atoms with van der Waals surface area (Å²) in [4.78, 5) is 32.7. The number of pyridine rings is 1. The molecular weight excluding hydrogens is 420 g/mol. The minimum atomic E-state index is -2.23. The molecule has 1 aromatic carbocycles. The van der Waals surface area contributed by atoms with Crippen LogP contribution in [-0.4, -0.2) is 68.6 Å². The summed E-state index contributed by atoms with van der Waals surface area (Å²) >= 11 is 3.67. The maximum atomic E-state index is 12.9. The van der Waals surface area contributed by atoms with E-state index in [1.54, 1.807) is 15.9 Å². The van der Waals surface area contributed by atoms with Gasteiger partial charge >= 0.3 is 0 Å². The van der Waals surface area contributed by atoms with Gasteiger partial charge in [-0.3, -0.25) is 23.8 Å². The quantitative estimate of drug-likeness (QED) is 0.689. The van der Waals surface area contributed by atoms with Crippen LogP contribution in [0.2, 0.25) is 5.02 Å². The predicted octanol–water partition coefficient (Wildman–Crippen LogP) is 1.89. The Bertz CT molecular complexity index is 950. The van der Waals surface area contributed by atoms with Crippen molar-refractivity contribution in [2.45, 2.75) is 0 Å². The molecule has 1 saturated heterocycles. The topological polar surface area (TPSA) is 112 Å². The Kier molecular flexibility index (Phi) is 6.68. The molecule has 2 N–H and O–H groups in total. The molecule has 1 aliphatic heterocycles. The van der Waals surface area contributed by atoms with Gasteiger partial charge in [-0.2, -0.15) is 0 Å². The van der Waals surface area contributed by atoms with Gasteiger partial charge in [0.2, 0.25) is 0 Å². The van der Waals surface area contributed by atoms with Crippen LogP contribution in [0.1, 0.15) is 20.7 Å². The van der Waals surface area contributed by atoms with Crippen LogP contribution in [0.4, 0.5) is 5.69 Å². The number of aromatic nitrogens is 1. The molecule has 1 atom stereocenters. The number of nitrogens with zero attached hydrogens (tertiary/aromatic N) is 3. The van der Waals surface area contributed by atoms with E-state index in [9.17, 15) is 13.8 Å². The Balaban J connectivity index is 1.67. The Morgan fingerprint density at radius 1 is 1.14 bits per heavy atom. The van der Waals surface area contributed by atoms with Crippen molar-refractivity contribution < 1.29 is 23.1 Å². The van der Waals surface area contributed by atoms with Gasteiger partial charge in [0.15, 0.2) is 0 Å². The smallest absolute Gasteiger partial charge is 0.259 e. The van der Waals surface area contributed by atoms with Gasteiger partial charge in [0, 0.05) is 44.6 Å². The Morgan fingerprint density at radius 3 is 2.38 bits per heavy atom. The van der Waals surface area contributed by atoms with Crippen molar-refractivity contribution in [3.8, 4) is 5.75 Å². The summed E-state index contributed by atoms with van der Waals surface area (Å²) < 4.78 is 27.4. The van der Waals surface area contributed by atoms with Crippen LogP contribution in [0.5, 0.6) is 5.75 Å². The van der Waals surface area contributed by atoms with Crippen molar-refractivity contribution in [3.05, 3.63) is 52.8 Å². The number of carbonyl (C=O) groups is 2. The first kappa shape index (κ1) is 21.0. The van der Waals surface area contributed by atoms with Gasteiger partial charge in [0.1, 0.15) is 5.75 Å². The lowest BCUT2D eigenvalue weighted by Gasteiger charge is -2.35. The van der Waals surface area contributed by atoms with Crippen LogP contribution >= 0.6 is 11.6 Å². The number of piperazine rings is 1. The van der Waals surface area contributed by atoms with E-state index in [0.717, 1.165) is 0 Å². The van der Waals surface area contributed by atoms with Gasteiger partial charge in [-0.15, -0.1) is 0 Å². The summed E-state index contributed by atoms with van der Waals surface area (Å²) in [7, 11) is 1.42. The average molecular weight is 439 g/mol. The zero-order chi connectivity index (χ0) is 21.0. The fourth-order valence-electron chi connectivity index (χ4n) is 3.03. The van der Waals surface area contributed by atoms with Crippen LogP contribution in [0.15, 0.2) is 36.7 Å². The van der Waals surface area contributed by atoms with E-state index in [0.29, 0.717) is 48.0 Å². The molecule has 0 spiro atoms. The number of anilines is 1. The molecule has 0 saturated carbocycles. The molecule has 3 rings (SSSR count). The number of halogens is 1. The van der Waals surface area contributed by atoms with Gasteiger partial charge < -0.3 is 14.5 Å². The molecule has 1 fully saturated rings. The van der Waals surface area contributed by atoms with E-state index in [2.05, 4.69) is 9.71 Å². The predicted molar refractivity (Wildman–Crippen MR) is 108 cm³/mol. The number of hydrogen-bond acceptors (Lipinski definition) is 5. The third-order valence-corrected chi connectivity index (χ3v) is 5.06. The number of methoxy groups -OCH3 is 1. The van der Waals surface area contributed by atoms with Crippen molar-refractivity contribution in [3.63, 3.8) is 0 Å². The third-order valence-electron chi connectivity index (χ3n) is 4.44. The second kappa shape index (κ2) is 9.21. The first-order valence-corrected chi connectivity index (χ1v) is 10.1. The number of amides is 2. The molecule has 1 unspecified atom stereocenters. The molecule has 0 bridgehead atoms. The number of hydrogen-bond donors (Lipinski definition) is 2. The number of ether oxygens (including phenoxy) is 1. The van der Waals surface area contributed by atoms with E-state index in [1.807, 2.05) is 0 Å². The summed E-state index contributed by atoms with van der Waals surface area (Å²) in [6.45, 7) is 1.48. The normalized spacial score (nSPS) is 15.0. The zero-order valence-corrected chi connectivity index (χ0v) is 17.1. The van der Waals surface area contributed by atoms with E-state index in [1.165, 1.54) is 37.7 Å². The van der Waals surface area contributed by atoms with E-state index in [4.69, 9.17) is 20.9 Å². The lowest BCUT2D eigenvalue weighted by atomic mass is 10.1. The molecule has 1 aromatic heterocycles. The first-order chi connectivity index (χ1) is 13.9. The van der Waals surface area contributed by atoms with Crippen LogP contribution in [0.25, 0.3) is 0 Å². The molecule has 1 aliphatic rings. The molecule has 2 aromatic rings. The van der Waals surface area contributed by atoms with Crippen LogP contribution < -0.4 is 9.46 Å². The van der Waals surface area contributed by atoms with Crippen molar-refractivity contribution >= 4 is 40.4 Å². The lowest BCUT2D eigenvalue weighted by molar-refractivity contribution is 0.0533. The second-order valence-corrected chi connectivity index (χ2v) is 7.38. The number of carbonyl (C=O) groups excluding carboxylic acids is 2. The van der Waals surface area contributed by atoms with E-state index >= 15 is 0 Å². The summed E-state index contributed by atoms with van der Waals surface area (Å²) in [6, 6.07) is 6.10. The molecule has 0 aliphatic carbocycles. The monoisotopic (exact) mass is 438 g/mol. The van der Waals surface area contributed by atoms with Gasteiger partial charge in [-0.25, -0.2) is 4.21 Å². The van der Waals surface area contributed by atoms with E-state index < -0.39 is 11.3 Å². The highest BCUT2D eigenvalue weighted by atomic mass is 35.5. The van der Waals surface area contributed by atoms with Gasteiger partial charge in [-0.1, -0.05) is 11.6 Å². The summed E-state index contributed by atoms with van der Waals surface area (Å²) in [5.74, 6) is -0.138. The molecular formula is C18H19ClN4O5S. The summed E-state index contributed by atoms with van der Waals surface area (Å²) in [5, 5.41) is 0.389. The fraction of sp³-hybridized carbons (Fsp3) is 0.278. The SMILES string of the molecule is COc1cc(NS(=O)O)ccc1C(=O)N1CCN(C(=O)c2cncc(Cl)c2)CC1. The zero-order valence-electron chi connectivity index (χ0n) is 15.5. The van der Waals surface area contributed by atoms with Crippen LogP contribution in [0.3, 0.4) is 0 Å². The minimum Gasteiger partial charge on any atom is -0.496 e. The third kappa shape index (κ3) is 5.03. The molecule has 9 nitrogen and oxygen atoms in total. The van der Waals surface area contributed by atoms with Gasteiger partial charge in [0.05, 0.1) is 28.9 Å². The maximum Gasteiger partial charge on any atom is 0.259 e. The van der Waals surface area contributed by atoms with Crippen molar-refractivity contribution in [1.29, 1.82) is 0 Å². The average Bonchev–Trinajstić information content (AvgIpc) is 2.72. The summed E-state index contributed by atoms with van der Waals surface area (Å²) in [6.07, 6.45) is 2.92. The van der Waals surface area contributed by atoms with Crippen molar-refractivity contribution in [1.82, 2.24) is 14.8 Å². The molecule has 0 radical (unpaired) electrons. The maximum absolute atomic E-state index is 12.9. The number of nitrogens with one attached hydrogen (secondary N) is 1.